The van der Waals surface area contributed by atoms with Crippen LogP contribution in [0.4, 0.5) is 19.2 Å². The summed E-state index contributed by atoms with van der Waals surface area (Å²) < 4.78 is 61.7. The maximum atomic E-state index is 13.1. The van der Waals surface area contributed by atoms with E-state index in [0.717, 1.165) is 25.7 Å². The Labute approximate surface area is 243 Å². The highest BCUT2D eigenvalue weighted by molar-refractivity contribution is 5.88. The van der Waals surface area contributed by atoms with E-state index in [4.69, 9.17) is 18.8 Å². The van der Waals surface area contributed by atoms with Crippen LogP contribution in [-0.4, -0.2) is 51.0 Å². The molecule has 1 N–H and O–H groups in total. The second kappa shape index (κ2) is 10.7. The van der Waals surface area contributed by atoms with Crippen molar-refractivity contribution in [3.8, 4) is 28.5 Å². The van der Waals surface area contributed by atoms with Crippen LogP contribution in [-0.2, 0) is 11.3 Å². The zero-order valence-electron chi connectivity index (χ0n) is 22.8. The molecule has 13 heteroatoms. The fourth-order valence-electron chi connectivity index (χ4n) is 6.18. The molecule has 0 spiro atoms. The van der Waals surface area contributed by atoms with Crippen molar-refractivity contribution in [3.05, 3.63) is 65.4 Å². The Bertz CT molecular complexity index is 1620. The minimum absolute atomic E-state index is 0.0869. The molecular weight excluding hydrogens is 569 g/mol. The molecule has 3 fully saturated rings. The topological polar surface area (TPSA) is 124 Å². The minimum atomic E-state index is -4.84. The number of carbonyl (C=O) groups is 1. The standard InChI is InChI=1S/C30H27F3N4O6/c31-30(32,33)42-24-4-2-1-3-22(24)25-23(26(43-36-25)16-5-6-16)15-40-21-13-19-11-12-20(14-21)37(19)29-35-34-27(41-29)17-7-9-18(10-8-17)28(38)39/h1-4,7-10,16,19-21H,5-6,11-15H2,(H,38,39)/t19-,20+,21?. The molecule has 0 radical (unpaired) electrons. The molecule has 0 amide bonds. The van der Waals surface area contributed by atoms with Crippen LogP contribution in [0.25, 0.3) is 22.7 Å². The SMILES string of the molecule is O=C(O)c1ccc(-c2nnc(N3[C@@H]4CC[C@H]3CC(OCc3c(-c5ccccc5OC(F)(F)F)noc3C3CC3)C4)o2)cc1. The third kappa shape index (κ3) is 5.56. The Balaban J connectivity index is 1.06. The molecule has 2 aromatic carbocycles. The zero-order valence-corrected chi connectivity index (χ0v) is 22.8. The lowest BCUT2D eigenvalue weighted by Crippen LogP contribution is -2.45. The minimum Gasteiger partial charge on any atom is -0.478 e. The quantitative estimate of drug-likeness (QED) is 0.227. The first-order chi connectivity index (χ1) is 20.7. The molecule has 1 saturated carbocycles. The van der Waals surface area contributed by atoms with E-state index >= 15 is 0 Å². The molecule has 1 aliphatic carbocycles. The highest BCUT2D eigenvalue weighted by Gasteiger charge is 2.44. The second-order valence-electron chi connectivity index (χ2n) is 11.2. The fourth-order valence-corrected chi connectivity index (χ4v) is 6.18. The van der Waals surface area contributed by atoms with Gasteiger partial charge in [-0.15, -0.1) is 18.3 Å². The number of hydrogen-bond donors (Lipinski definition) is 1. The maximum Gasteiger partial charge on any atom is 0.573 e. The molecule has 3 aliphatic rings. The number of rotatable bonds is 9. The lowest BCUT2D eigenvalue weighted by Gasteiger charge is -2.37. The number of carboxylic acids is 1. The van der Waals surface area contributed by atoms with Gasteiger partial charge in [-0.1, -0.05) is 22.4 Å². The molecule has 2 aliphatic heterocycles. The number of fused-ring (bicyclic) bond motifs is 2. The van der Waals surface area contributed by atoms with Crippen molar-refractivity contribution >= 4 is 12.0 Å². The molecule has 224 valence electrons. The van der Waals surface area contributed by atoms with Crippen LogP contribution >= 0.6 is 0 Å². The molecular formula is C30H27F3N4O6. The van der Waals surface area contributed by atoms with Gasteiger partial charge in [0.05, 0.1) is 18.3 Å². The Hall–Kier alpha value is -4.39. The maximum absolute atomic E-state index is 13.1. The zero-order chi connectivity index (χ0) is 29.7. The van der Waals surface area contributed by atoms with E-state index in [1.807, 2.05) is 0 Å². The van der Waals surface area contributed by atoms with Crippen LogP contribution in [0.5, 0.6) is 5.75 Å². The van der Waals surface area contributed by atoms with Gasteiger partial charge >= 0.3 is 18.3 Å². The lowest BCUT2D eigenvalue weighted by molar-refractivity contribution is -0.274. The second-order valence-corrected chi connectivity index (χ2v) is 11.2. The predicted molar refractivity (Wildman–Crippen MR) is 144 cm³/mol. The number of carboxylic acid groups (broad SMARTS) is 1. The number of ether oxygens (including phenoxy) is 2. The van der Waals surface area contributed by atoms with Crippen molar-refractivity contribution in [1.82, 2.24) is 15.4 Å². The van der Waals surface area contributed by atoms with Crippen LogP contribution in [0.3, 0.4) is 0 Å². The summed E-state index contributed by atoms with van der Waals surface area (Å²) in [5, 5.41) is 21.8. The van der Waals surface area contributed by atoms with E-state index in [1.54, 1.807) is 18.2 Å². The van der Waals surface area contributed by atoms with Gasteiger partial charge in [-0.25, -0.2) is 4.79 Å². The van der Waals surface area contributed by atoms with Gasteiger partial charge in [0.25, 0.3) is 0 Å². The summed E-state index contributed by atoms with van der Waals surface area (Å²) in [4.78, 5) is 13.3. The monoisotopic (exact) mass is 596 g/mol. The number of aromatic nitrogens is 3. The van der Waals surface area contributed by atoms with Gasteiger partial charge in [0.1, 0.15) is 17.2 Å². The van der Waals surface area contributed by atoms with Gasteiger partial charge < -0.3 is 28.4 Å². The van der Waals surface area contributed by atoms with E-state index in [9.17, 15) is 18.0 Å². The Morgan fingerprint density at radius 1 is 1.00 bits per heavy atom. The van der Waals surface area contributed by atoms with Crippen molar-refractivity contribution in [2.45, 2.75) is 75.6 Å². The summed E-state index contributed by atoms with van der Waals surface area (Å²) >= 11 is 0. The van der Waals surface area contributed by atoms with Crippen molar-refractivity contribution in [1.29, 1.82) is 0 Å². The molecule has 3 atom stereocenters. The molecule has 4 heterocycles. The van der Waals surface area contributed by atoms with E-state index in [2.05, 4.69) is 25.0 Å². The molecule has 2 aromatic heterocycles. The first-order valence-electron chi connectivity index (χ1n) is 14.1. The molecule has 1 unspecified atom stereocenters. The van der Waals surface area contributed by atoms with Crippen LogP contribution in [0.2, 0.25) is 0 Å². The summed E-state index contributed by atoms with van der Waals surface area (Å²) in [6.45, 7) is 0.159. The van der Waals surface area contributed by atoms with Gasteiger partial charge in [0, 0.05) is 34.7 Å². The molecule has 2 bridgehead atoms. The number of halogens is 3. The van der Waals surface area contributed by atoms with E-state index in [-0.39, 0.29) is 47.6 Å². The average molecular weight is 597 g/mol. The first-order valence-corrected chi connectivity index (χ1v) is 14.1. The number of para-hydroxylation sites is 1. The van der Waals surface area contributed by atoms with Crippen molar-refractivity contribution < 1.29 is 41.5 Å². The van der Waals surface area contributed by atoms with Crippen LogP contribution in [0, 0.1) is 0 Å². The summed E-state index contributed by atoms with van der Waals surface area (Å²) in [5.41, 5.74) is 1.97. The van der Waals surface area contributed by atoms with Crippen molar-refractivity contribution in [2.75, 3.05) is 4.90 Å². The highest BCUT2D eigenvalue weighted by atomic mass is 19.4. The Morgan fingerprint density at radius 3 is 2.40 bits per heavy atom. The number of aromatic carboxylic acids is 1. The van der Waals surface area contributed by atoms with Gasteiger partial charge in [-0.3, -0.25) is 0 Å². The van der Waals surface area contributed by atoms with Crippen LogP contribution < -0.4 is 9.64 Å². The van der Waals surface area contributed by atoms with Gasteiger partial charge in [0.2, 0.25) is 5.89 Å². The molecule has 4 aromatic rings. The van der Waals surface area contributed by atoms with E-state index < -0.39 is 12.3 Å². The average Bonchev–Trinajstić information content (AvgIpc) is 3.44. The predicted octanol–water partition coefficient (Wildman–Crippen LogP) is 6.58. The third-order valence-electron chi connectivity index (χ3n) is 8.30. The number of benzene rings is 2. The Morgan fingerprint density at radius 2 is 1.72 bits per heavy atom. The number of hydrogen-bond acceptors (Lipinski definition) is 9. The highest BCUT2D eigenvalue weighted by Crippen LogP contribution is 2.46. The van der Waals surface area contributed by atoms with E-state index in [1.165, 1.54) is 30.3 Å². The smallest absolute Gasteiger partial charge is 0.478 e. The summed E-state index contributed by atoms with van der Waals surface area (Å²) in [6.07, 6.45) is 0.238. The molecule has 7 rings (SSSR count). The number of anilines is 1. The summed E-state index contributed by atoms with van der Waals surface area (Å²) in [5.74, 6) is -0.196. The van der Waals surface area contributed by atoms with Gasteiger partial charge in [-0.05, 0) is 74.9 Å². The van der Waals surface area contributed by atoms with E-state index in [0.29, 0.717) is 47.3 Å². The van der Waals surface area contributed by atoms with Gasteiger partial charge in [-0.2, -0.15) is 0 Å². The third-order valence-corrected chi connectivity index (χ3v) is 8.30. The number of alkyl halides is 3. The normalized spacial score (nSPS) is 21.7. The molecule has 2 saturated heterocycles. The summed E-state index contributed by atoms with van der Waals surface area (Å²) in [6, 6.07) is 12.8. The number of piperidine rings is 1. The summed E-state index contributed by atoms with van der Waals surface area (Å²) in [7, 11) is 0. The fraction of sp³-hybridized carbons (Fsp3) is 0.400. The first kappa shape index (κ1) is 27.4. The lowest BCUT2D eigenvalue weighted by atomic mass is 9.99. The van der Waals surface area contributed by atoms with Gasteiger partial charge in [0.15, 0.2) is 0 Å². The molecule has 10 nitrogen and oxygen atoms in total. The molecule has 43 heavy (non-hydrogen) atoms. The Kier molecular flexibility index (Phi) is 6.83. The van der Waals surface area contributed by atoms with Crippen molar-refractivity contribution in [3.63, 3.8) is 0 Å². The largest absolute Gasteiger partial charge is 0.573 e. The van der Waals surface area contributed by atoms with Crippen molar-refractivity contribution in [2.24, 2.45) is 0 Å². The number of nitrogens with zero attached hydrogens (tertiary/aromatic N) is 4. The van der Waals surface area contributed by atoms with Crippen LogP contribution in [0.1, 0.15) is 66.1 Å². The van der Waals surface area contributed by atoms with Crippen LogP contribution in [0.15, 0.2) is 57.5 Å².